The summed E-state index contributed by atoms with van der Waals surface area (Å²) >= 11 is 6.06. The molecular formula is C23H19ClN6O. The minimum Gasteiger partial charge on any atom is -0.439 e. The Morgan fingerprint density at radius 1 is 1.13 bits per heavy atom. The molecule has 2 aromatic heterocycles. The van der Waals surface area contributed by atoms with Crippen molar-refractivity contribution in [3.05, 3.63) is 76.4 Å². The second-order valence-electron chi connectivity index (χ2n) is 6.85. The van der Waals surface area contributed by atoms with E-state index in [2.05, 4.69) is 21.1 Å². The van der Waals surface area contributed by atoms with Crippen molar-refractivity contribution < 1.29 is 4.74 Å². The molecule has 0 saturated heterocycles. The number of aromatic nitrogens is 4. The first-order valence-corrected chi connectivity index (χ1v) is 10.0. The Morgan fingerprint density at radius 2 is 1.90 bits per heavy atom. The minimum absolute atomic E-state index is 0.227. The molecule has 2 N–H and O–H groups in total. The lowest BCUT2D eigenvalue weighted by Gasteiger charge is -2.12. The molecule has 0 saturated carbocycles. The van der Waals surface area contributed by atoms with E-state index in [0.29, 0.717) is 46.0 Å². The van der Waals surface area contributed by atoms with E-state index in [1.165, 1.54) is 4.68 Å². The van der Waals surface area contributed by atoms with Crippen LogP contribution in [0.5, 0.6) is 11.6 Å². The fourth-order valence-corrected chi connectivity index (χ4v) is 3.38. The van der Waals surface area contributed by atoms with Crippen molar-refractivity contribution in [2.75, 3.05) is 5.73 Å². The molecule has 2 heterocycles. The van der Waals surface area contributed by atoms with Gasteiger partial charge in [-0.25, -0.2) is 4.98 Å². The molecule has 4 aromatic rings. The van der Waals surface area contributed by atoms with Crippen molar-refractivity contribution in [1.82, 2.24) is 19.7 Å². The van der Waals surface area contributed by atoms with E-state index in [1.54, 1.807) is 18.2 Å². The molecule has 0 aliphatic rings. The molecule has 0 fully saturated rings. The Hall–Kier alpha value is -3.89. The number of nitrogen functional groups attached to an aromatic ring is 1. The van der Waals surface area contributed by atoms with Crippen LogP contribution in [0.4, 0.5) is 5.82 Å². The summed E-state index contributed by atoms with van der Waals surface area (Å²) in [6, 6.07) is 18.6. The number of anilines is 1. The Morgan fingerprint density at radius 3 is 2.55 bits per heavy atom. The molecule has 8 heteroatoms. The number of hydrogen-bond acceptors (Lipinski definition) is 6. The minimum atomic E-state index is 0.227. The van der Waals surface area contributed by atoms with Crippen LogP contribution in [0, 0.1) is 18.3 Å². The van der Waals surface area contributed by atoms with Crippen molar-refractivity contribution in [1.29, 1.82) is 5.26 Å². The molecule has 31 heavy (non-hydrogen) atoms. The van der Waals surface area contributed by atoms with Gasteiger partial charge in [0.05, 0.1) is 5.69 Å². The van der Waals surface area contributed by atoms with Gasteiger partial charge in [-0.1, -0.05) is 48.9 Å². The first-order valence-electron chi connectivity index (χ1n) is 9.66. The van der Waals surface area contributed by atoms with E-state index in [9.17, 15) is 5.26 Å². The van der Waals surface area contributed by atoms with E-state index < -0.39 is 0 Å². The largest absolute Gasteiger partial charge is 0.439 e. The predicted molar refractivity (Wildman–Crippen MR) is 119 cm³/mol. The van der Waals surface area contributed by atoms with Gasteiger partial charge in [0.15, 0.2) is 11.6 Å². The third-order valence-electron chi connectivity index (χ3n) is 4.73. The van der Waals surface area contributed by atoms with E-state index in [0.717, 1.165) is 11.1 Å². The SMILES string of the molecule is CCc1nn(-c2cc(Oc3ccc(Cl)cc3C)nc(-c3ccccc3)n2)c(N)c1C#N. The quantitative estimate of drug-likeness (QED) is 0.472. The highest BCUT2D eigenvalue weighted by molar-refractivity contribution is 6.30. The van der Waals surface area contributed by atoms with Gasteiger partial charge in [0, 0.05) is 16.7 Å². The number of aryl methyl sites for hydroxylation is 2. The van der Waals surface area contributed by atoms with Crippen LogP contribution in [-0.2, 0) is 6.42 Å². The predicted octanol–water partition coefficient (Wildman–Crippen LogP) is 5.10. The summed E-state index contributed by atoms with van der Waals surface area (Å²) in [5, 5.41) is 14.6. The second kappa shape index (κ2) is 8.46. The molecule has 2 aromatic carbocycles. The smallest absolute Gasteiger partial charge is 0.225 e. The third-order valence-corrected chi connectivity index (χ3v) is 4.97. The van der Waals surface area contributed by atoms with Crippen LogP contribution < -0.4 is 10.5 Å². The van der Waals surface area contributed by atoms with Gasteiger partial charge in [0.1, 0.15) is 23.2 Å². The van der Waals surface area contributed by atoms with Gasteiger partial charge in [-0.3, -0.25) is 0 Å². The Balaban J connectivity index is 1.87. The fourth-order valence-electron chi connectivity index (χ4n) is 3.15. The number of nitrogens with zero attached hydrogens (tertiary/aromatic N) is 5. The third kappa shape index (κ3) is 4.06. The van der Waals surface area contributed by atoms with Crippen LogP contribution in [0.2, 0.25) is 5.02 Å². The lowest BCUT2D eigenvalue weighted by atomic mass is 10.2. The van der Waals surface area contributed by atoms with E-state index in [4.69, 9.17) is 22.1 Å². The molecule has 0 atom stereocenters. The molecule has 0 unspecified atom stereocenters. The maximum Gasteiger partial charge on any atom is 0.225 e. The van der Waals surface area contributed by atoms with Crippen molar-refractivity contribution in [3.8, 4) is 34.9 Å². The highest BCUT2D eigenvalue weighted by Crippen LogP contribution is 2.30. The van der Waals surface area contributed by atoms with Crippen LogP contribution >= 0.6 is 11.6 Å². The number of ether oxygens (including phenoxy) is 1. The number of nitrogens with two attached hydrogens (primary N) is 1. The summed E-state index contributed by atoms with van der Waals surface area (Å²) in [6.07, 6.45) is 0.573. The van der Waals surface area contributed by atoms with Gasteiger partial charge in [-0.2, -0.15) is 20.0 Å². The summed E-state index contributed by atoms with van der Waals surface area (Å²) < 4.78 is 7.51. The first kappa shape index (κ1) is 20.4. The van der Waals surface area contributed by atoms with Crippen LogP contribution in [-0.4, -0.2) is 19.7 Å². The summed E-state index contributed by atoms with van der Waals surface area (Å²) in [5.41, 5.74) is 8.85. The number of benzene rings is 2. The average Bonchev–Trinajstić information content (AvgIpc) is 3.11. The summed E-state index contributed by atoms with van der Waals surface area (Å²) in [6.45, 7) is 3.82. The monoisotopic (exact) mass is 430 g/mol. The zero-order chi connectivity index (χ0) is 22.0. The molecule has 7 nitrogen and oxygen atoms in total. The molecule has 0 bridgehead atoms. The number of rotatable bonds is 5. The lowest BCUT2D eigenvalue weighted by molar-refractivity contribution is 0.458. The van der Waals surface area contributed by atoms with Gasteiger partial charge in [-0.15, -0.1) is 0 Å². The standard InChI is InChI=1S/C23H19ClN6O/c1-3-18-17(13-25)22(26)30(29-18)20-12-21(31-19-10-9-16(24)11-14(19)2)28-23(27-20)15-7-5-4-6-8-15/h4-12H,3,26H2,1-2H3. The van der Waals surface area contributed by atoms with Crippen LogP contribution in [0.1, 0.15) is 23.7 Å². The van der Waals surface area contributed by atoms with Crippen molar-refractivity contribution in [3.63, 3.8) is 0 Å². The molecule has 0 aliphatic carbocycles. The molecule has 0 radical (unpaired) electrons. The van der Waals surface area contributed by atoms with Gasteiger partial charge in [-0.05, 0) is 37.1 Å². The second-order valence-corrected chi connectivity index (χ2v) is 7.29. The fraction of sp³-hybridized carbons (Fsp3) is 0.130. The van der Waals surface area contributed by atoms with E-state index >= 15 is 0 Å². The van der Waals surface area contributed by atoms with Crippen molar-refractivity contribution >= 4 is 17.4 Å². The van der Waals surface area contributed by atoms with Crippen molar-refractivity contribution in [2.24, 2.45) is 0 Å². The number of nitriles is 1. The maximum absolute atomic E-state index is 9.47. The Labute approximate surface area is 184 Å². The highest BCUT2D eigenvalue weighted by atomic mass is 35.5. The van der Waals surface area contributed by atoms with E-state index in [1.807, 2.05) is 50.2 Å². The van der Waals surface area contributed by atoms with Gasteiger partial charge in [0.25, 0.3) is 0 Å². The molecule has 4 rings (SSSR count). The lowest BCUT2D eigenvalue weighted by Crippen LogP contribution is -2.07. The molecule has 0 spiro atoms. The van der Waals surface area contributed by atoms with Gasteiger partial charge in [0.2, 0.25) is 5.88 Å². The summed E-state index contributed by atoms with van der Waals surface area (Å²) in [7, 11) is 0. The zero-order valence-corrected chi connectivity index (χ0v) is 17.8. The van der Waals surface area contributed by atoms with Crippen LogP contribution in [0.15, 0.2) is 54.6 Å². The van der Waals surface area contributed by atoms with Crippen LogP contribution in [0.3, 0.4) is 0 Å². The Bertz CT molecular complexity index is 1290. The first-order chi connectivity index (χ1) is 15.0. The normalized spacial score (nSPS) is 10.6. The highest BCUT2D eigenvalue weighted by Gasteiger charge is 2.18. The molecule has 154 valence electrons. The summed E-state index contributed by atoms with van der Waals surface area (Å²) in [4.78, 5) is 9.21. The van der Waals surface area contributed by atoms with Gasteiger partial charge < -0.3 is 10.5 Å². The Kier molecular flexibility index (Phi) is 5.56. The number of hydrogen-bond donors (Lipinski definition) is 1. The van der Waals surface area contributed by atoms with Gasteiger partial charge >= 0.3 is 0 Å². The van der Waals surface area contributed by atoms with Crippen molar-refractivity contribution in [2.45, 2.75) is 20.3 Å². The average molecular weight is 431 g/mol. The van der Waals surface area contributed by atoms with Crippen LogP contribution in [0.25, 0.3) is 17.2 Å². The number of halogens is 1. The summed E-state index contributed by atoms with van der Waals surface area (Å²) in [5.74, 6) is 2.02. The maximum atomic E-state index is 9.47. The van der Waals surface area contributed by atoms with E-state index in [-0.39, 0.29) is 5.82 Å². The molecule has 0 amide bonds. The topological polar surface area (TPSA) is 103 Å². The zero-order valence-electron chi connectivity index (χ0n) is 17.0. The molecule has 0 aliphatic heterocycles. The molecular weight excluding hydrogens is 412 g/mol.